The topological polar surface area (TPSA) is 116 Å². The summed E-state index contributed by atoms with van der Waals surface area (Å²) in [4.78, 5) is 4.64. The molecule has 1 aromatic carbocycles. The van der Waals surface area contributed by atoms with Crippen molar-refractivity contribution in [2.75, 3.05) is 50.9 Å². The van der Waals surface area contributed by atoms with E-state index in [0.717, 1.165) is 17.0 Å². The van der Waals surface area contributed by atoms with Gasteiger partial charge in [0, 0.05) is 43.5 Å². The lowest BCUT2D eigenvalue weighted by molar-refractivity contribution is 0.165. The molecular weight excluding hydrogens is 450 g/mol. The van der Waals surface area contributed by atoms with Gasteiger partial charge in [0.25, 0.3) is 0 Å². The van der Waals surface area contributed by atoms with Crippen LogP contribution in [-0.2, 0) is 15.4 Å². The van der Waals surface area contributed by atoms with E-state index in [1.807, 2.05) is 29.6 Å². The number of nitrogens with one attached hydrogen (secondary N) is 3. The Bertz CT molecular complexity index is 957. The Hall–Kier alpha value is -1.76. The van der Waals surface area contributed by atoms with Crippen LogP contribution in [0.5, 0.6) is 5.75 Å². The van der Waals surface area contributed by atoms with Crippen LogP contribution in [-0.4, -0.2) is 74.8 Å². The van der Waals surface area contributed by atoms with Crippen molar-refractivity contribution in [3.8, 4) is 5.75 Å². The molecule has 4 N–H and O–H groups in total. The number of benzene rings is 1. The zero-order valence-electron chi connectivity index (χ0n) is 18.8. The highest BCUT2D eigenvalue weighted by Gasteiger charge is 2.27. The molecule has 32 heavy (non-hydrogen) atoms. The zero-order chi connectivity index (χ0) is 23.2. The molecule has 1 aromatic heterocycles. The molecule has 1 unspecified atom stereocenters. The Morgan fingerprint density at radius 1 is 1.28 bits per heavy atom. The standard InChI is InChI=1S/C21H33N5O4S2/c1-21(2,16-5-7-17(30-3)8-6-16)18-15-31-20(24-18)25-19(27)23-9-4-14-32(28,29)26-12-10-22-11-13-26/h5-8,15,19,22-23,27H,4,9-14H2,1-3H3,(H,24,25). The number of rotatable bonds is 11. The molecule has 0 amide bonds. The van der Waals surface area contributed by atoms with Crippen molar-refractivity contribution in [2.24, 2.45) is 0 Å². The van der Waals surface area contributed by atoms with Gasteiger partial charge >= 0.3 is 0 Å². The Morgan fingerprint density at radius 2 is 1.97 bits per heavy atom. The second kappa shape index (κ2) is 10.9. The molecule has 1 atom stereocenters. The number of aliphatic hydroxyl groups is 1. The number of hydrogen-bond donors (Lipinski definition) is 4. The van der Waals surface area contributed by atoms with E-state index in [1.54, 1.807) is 7.11 Å². The van der Waals surface area contributed by atoms with E-state index in [4.69, 9.17) is 4.74 Å². The SMILES string of the molecule is COc1ccc(C(C)(C)c2csc(NC(O)NCCCS(=O)(=O)N3CCNCC3)n2)cc1. The predicted octanol–water partition coefficient (Wildman–Crippen LogP) is 1.38. The first-order valence-corrected chi connectivity index (χ1v) is 13.2. The van der Waals surface area contributed by atoms with Crippen LogP contribution in [0, 0.1) is 0 Å². The van der Waals surface area contributed by atoms with E-state index < -0.39 is 16.4 Å². The molecule has 1 aliphatic rings. The van der Waals surface area contributed by atoms with E-state index in [1.165, 1.54) is 15.6 Å². The summed E-state index contributed by atoms with van der Waals surface area (Å²) in [6.45, 7) is 6.96. The highest BCUT2D eigenvalue weighted by Crippen LogP contribution is 2.34. The maximum Gasteiger partial charge on any atom is 0.214 e. The Labute approximate surface area is 194 Å². The van der Waals surface area contributed by atoms with Crippen molar-refractivity contribution in [3.63, 3.8) is 0 Å². The number of thiazole rings is 1. The van der Waals surface area contributed by atoms with E-state index in [-0.39, 0.29) is 11.2 Å². The van der Waals surface area contributed by atoms with Gasteiger partial charge in [-0.05, 0) is 24.1 Å². The molecule has 2 aromatic rings. The number of methoxy groups -OCH3 is 1. The van der Waals surface area contributed by atoms with Gasteiger partial charge in [0.05, 0.1) is 18.6 Å². The lowest BCUT2D eigenvalue weighted by atomic mass is 9.82. The van der Waals surface area contributed by atoms with Crippen LogP contribution >= 0.6 is 11.3 Å². The summed E-state index contributed by atoms with van der Waals surface area (Å²) in [5.74, 6) is 0.865. The number of aliphatic hydroxyl groups excluding tert-OH is 1. The smallest absolute Gasteiger partial charge is 0.214 e. The molecule has 178 valence electrons. The third-order valence-corrected chi connectivity index (χ3v) is 8.33. The highest BCUT2D eigenvalue weighted by atomic mass is 32.2. The van der Waals surface area contributed by atoms with Crippen molar-refractivity contribution in [1.82, 2.24) is 19.9 Å². The molecule has 1 saturated heterocycles. The summed E-state index contributed by atoms with van der Waals surface area (Å²) >= 11 is 1.41. The van der Waals surface area contributed by atoms with Crippen molar-refractivity contribution < 1.29 is 18.3 Å². The van der Waals surface area contributed by atoms with E-state index in [9.17, 15) is 13.5 Å². The number of aromatic nitrogens is 1. The molecule has 0 spiro atoms. The Morgan fingerprint density at radius 3 is 2.62 bits per heavy atom. The maximum absolute atomic E-state index is 12.3. The fourth-order valence-electron chi connectivity index (χ4n) is 3.50. The fourth-order valence-corrected chi connectivity index (χ4v) is 5.90. The summed E-state index contributed by atoms with van der Waals surface area (Å²) in [5.41, 5.74) is 1.70. The molecule has 9 nitrogen and oxygen atoms in total. The van der Waals surface area contributed by atoms with Crippen LogP contribution in [0.3, 0.4) is 0 Å². The van der Waals surface area contributed by atoms with Crippen molar-refractivity contribution in [2.45, 2.75) is 32.0 Å². The van der Waals surface area contributed by atoms with E-state index >= 15 is 0 Å². The number of piperazine rings is 1. The summed E-state index contributed by atoms with van der Waals surface area (Å²) in [7, 11) is -1.61. The van der Waals surface area contributed by atoms with Gasteiger partial charge in [0.1, 0.15) is 5.75 Å². The third kappa shape index (κ3) is 6.40. The predicted molar refractivity (Wildman–Crippen MR) is 128 cm³/mol. The van der Waals surface area contributed by atoms with Crippen LogP contribution in [0.4, 0.5) is 5.13 Å². The van der Waals surface area contributed by atoms with Crippen molar-refractivity contribution in [1.29, 1.82) is 0 Å². The lowest BCUT2D eigenvalue weighted by Crippen LogP contribution is -2.47. The number of hydrogen-bond acceptors (Lipinski definition) is 9. The van der Waals surface area contributed by atoms with Gasteiger partial charge in [-0.25, -0.2) is 13.4 Å². The summed E-state index contributed by atoms with van der Waals surface area (Å²) < 4.78 is 31.5. The van der Waals surface area contributed by atoms with Crippen LogP contribution in [0.2, 0.25) is 0 Å². The Kier molecular flexibility index (Phi) is 8.48. The largest absolute Gasteiger partial charge is 0.497 e. The monoisotopic (exact) mass is 483 g/mol. The first-order valence-electron chi connectivity index (χ1n) is 10.7. The Balaban J connectivity index is 1.47. The molecule has 1 fully saturated rings. The van der Waals surface area contributed by atoms with Crippen LogP contribution in [0.15, 0.2) is 29.6 Å². The molecule has 0 saturated carbocycles. The minimum Gasteiger partial charge on any atom is -0.497 e. The minimum atomic E-state index is -3.25. The minimum absolute atomic E-state index is 0.0597. The second-order valence-corrected chi connectivity index (χ2v) is 11.2. The number of anilines is 1. The fraction of sp³-hybridized carbons (Fsp3) is 0.571. The first kappa shape index (κ1) is 24.9. The molecule has 0 aliphatic carbocycles. The van der Waals surface area contributed by atoms with Gasteiger partial charge < -0.3 is 20.5 Å². The molecule has 11 heteroatoms. The van der Waals surface area contributed by atoms with Gasteiger partial charge in [-0.2, -0.15) is 4.31 Å². The van der Waals surface area contributed by atoms with Crippen LogP contribution in [0.25, 0.3) is 0 Å². The molecule has 3 rings (SSSR count). The van der Waals surface area contributed by atoms with Gasteiger partial charge in [0.2, 0.25) is 10.0 Å². The maximum atomic E-state index is 12.3. The quantitative estimate of drug-likeness (QED) is 0.280. The first-order chi connectivity index (χ1) is 15.2. The second-order valence-electron chi connectivity index (χ2n) is 8.21. The molecule has 1 aliphatic heterocycles. The molecule has 2 heterocycles. The average Bonchev–Trinajstić information content (AvgIpc) is 3.26. The normalized spacial score (nSPS) is 16.6. The third-order valence-electron chi connectivity index (χ3n) is 5.60. The van der Waals surface area contributed by atoms with Crippen LogP contribution < -0.4 is 20.7 Å². The molecule has 0 radical (unpaired) electrons. The summed E-state index contributed by atoms with van der Waals surface area (Å²) in [6.07, 6.45) is -0.599. The molecular formula is C21H33N5O4S2. The van der Waals surface area contributed by atoms with Gasteiger partial charge in [-0.3, -0.25) is 5.32 Å². The van der Waals surface area contributed by atoms with Crippen molar-refractivity contribution >= 4 is 26.5 Å². The van der Waals surface area contributed by atoms with Crippen LogP contribution in [0.1, 0.15) is 31.5 Å². The summed E-state index contributed by atoms with van der Waals surface area (Å²) in [5, 5.41) is 21.8. The van der Waals surface area contributed by atoms with Gasteiger partial charge in [-0.1, -0.05) is 26.0 Å². The van der Waals surface area contributed by atoms with Crippen molar-refractivity contribution in [3.05, 3.63) is 40.9 Å². The zero-order valence-corrected chi connectivity index (χ0v) is 20.4. The highest BCUT2D eigenvalue weighted by molar-refractivity contribution is 7.89. The number of ether oxygens (including phenoxy) is 1. The van der Waals surface area contributed by atoms with Gasteiger partial charge in [0.15, 0.2) is 11.5 Å². The molecule has 0 bridgehead atoms. The summed E-state index contributed by atoms with van der Waals surface area (Å²) in [6, 6.07) is 7.91. The lowest BCUT2D eigenvalue weighted by Gasteiger charge is -2.26. The van der Waals surface area contributed by atoms with Gasteiger partial charge in [-0.15, -0.1) is 11.3 Å². The number of sulfonamides is 1. The number of nitrogens with zero attached hydrogens (tertiary/aromatic N) is 2. The van der Waals surface area contributed by atoms with E-state index in [0.29, 0.717) is 44.3 Å². The van der Waals surface area contributed by atoms with E-state index in [2.05, 4.69) is 34.8 Å². The average molecular weight is 484 g/mol.